The summed E-state index contributed by atoms with van der Waals surface area (Å²) in [4.78, 5) is 20.2. The first kappa shape index (κ1) is 13.3. The van der Waals surface area contributed by atoms with Crippen LogP contribution in [0, 0.1) is 13.8 Å². The number of anilines is 2. The van der Waals surface area contributed by atoms with E-state index in [1.807, 2.05) is 19.9 Å². The quantitative estimate of drug-likeness (QED) is 0.826. The van der Waals surface area contributed by atoms with E-state index in [0.717, 1.165) is 11.4 Å². The molecular weight excluding hydrogens is 264 g/mol. The number of nitrogen functional groups attached to an aromatic ring is 1. The van der Waals surface area contributed by atoms with Gasteiger partial charge in [0, 0.05) is 5.69 Å². The van der Waals surface area contributed by atoms with Gasteiger partial charge in [-0.1, -0.05) is 11.6 Å². The zero-order valence-corrected chi connectivity index (χ0v) is 11.3. The van der Waals surface area contributed by atoms with Crippen molar-refractivity contribution in [3.8, 4) is 0 Å². The molecule has 6 heteroatoms. The van der Waals surface area contributed by atoms with Crippen LogP contribution < -0.4 is 11.1 Å². The Balaban J connectivity index is 2.28. The van der Waals surface area contributed by atoms with E-state index in [1.54, 1.807) is 6.07 Å². The molecule has 0 spiro atoms. The van der Waals surface area contributed by atoms with Crippen molar-refractivity contribution in [2.24, 2.45) is 0 Å². The van der Waals surface area contributed by atoms with Crippen LogP contribution in [0.1, 0.15) is 21.7 Å². The number of pyridine rings is 2. The van der Waals surface area contributed by atoms with Crippen molar-refractivity contribution in [1.82, 2.24) is 9.97 Å². The Hall–Kier alpha value is -2.14. The predicted molar refractivity (Wildman–Crippen MR) is 75.3 cm³/mol. The lowest BCUT2D eigenvalue weighted by Crippen LogP contribution is -2.14. The molecule has 98 valence electrons. The van der Waals surface area contributed by atoms with E-state index >= 15 is 0 Å². The number of hydrogen-bond acceptors (Lipinski definition) is 4. The van der Waals surface area contributed by atoms with E-state index in [0.29, 0.717) is 11.4 Å². The molecule has 0 aromatic carbocycles. The standard InChI is InChI=1S/C13H13ClN4O/c1-7-3-4-11(8(2)17-7)18-13(19)10-5-9(15)6-16-12(10)14/h3-6H,15H2,1-2H3,(H,18,19). The van der Waals surface area contributed by atoms with Gasteiger partial charge in [0.1, 0.15) is 5.15 Å². The molecule has 5 nitrogen and oxygen atoms in total. The fourth-order valence-electron chi connectivity index (χ4n) is 1.63. The molecule has 0 unspecified atom stereocenters. The van der Waals surface area contributed by atoms with Crippen LogP contribution in [0.3, 0.4) is 0 Å². The molecule has 1 amide bonds. The number of carbonyl (C=O) groups is 1. The lowest BCUT2D eigenvalue weighted by Gasteiger charge is -2.09. The molecule has 2 rings (SSSR count). The third kappa shape index (κ3) is 3.00. The van der Waals surface area contributed by atoms with Crippen molar-refractivity contribution in [3.05, 3.63) is 46.5 Å². The van der Waals surface area contributed by atoms with Crippen molar-refractivity contribution < 1.29 is 4.79 Å². The Morgan fingerprint density at radius 1 is 1.37 bits per heavy atom. The first-order chi connectivity index (χ1) is 8.97. The summed E-state index contributed by atoms with van der Waals surface area (Å²) in [5.41, 5.74) is 8.47. The molecule has 2 heterocycles. The fraction of sp³-hybridized carbons (Fsp3) is 0.154. The van der Waals surface area contributed by atoms with Gasteiger partial charge in [-0.2, -0.15) is 0 Å². The zero-order valence-electron chi connectivity index (χ0n) is 10.6. The minimum Gasteiger partial charge on any atom is -0.397 e. The van der Waals surface area contributed by atoms with E-state index in [4.69, 9.17) is 17.3 Å². The van der Waals surface area contributed by atoms with Crippen molar-refractivity contribution >= 4 is 28.9 Å². The summed E-state index contributed by atoms with van der Waals surface area (Å²) < 4.78 is 0. The molecule has 0 aliphatic rings. The average molecular weight is 277 g/mol. The van der Waals surface area contributed by atoms with Crippen LogP contribution in [0.4, 0.5) is 11.4 Å². The summed E-state index contributed by atoms with van der Waals surface area (Å²) in [6.45, 7) is 3.71. The Kier molecular flexibility index (Phi) is 3.66. The van der Waals surface area contributed by atoms with Gasteiger partial charge in [-0.3, -0.25) is 9.78 Å². The number of nitrogens with one attached hydrogen (secondary N) is 1. The number of nitrogens with zero attached hydrogens (tertiary/aromatic N) is 2. The second-order valence-electron chi connectivity index (χ2n) is 4.15. The van der Waals surface area contributed by atoms with Gasteiger partial charge in [-0.05, 0) is 32.0 Å². The van der Waals surface area contributed by atoms with Crippen LogP contribution in [0.25, 0.3) is 0 Å². The Morgan fingerprint density at radius 2 is 2.11 bits per heavy atom. The maximum atomic E-state index is 12.1. The Bertz CT molecular complexity index is 643. The molecule has 0 bridgehead atoms. The first-order valence-electron chi connectivity index (χ1n) is 5.64. The zero-order chi connectivity index (χ0) is 14.0. The van der Waals surface area contributed by atoms with Gasteiger partial charge in [0.15, 0.2) is 0 Å². The number of halogens is 1. The molecule has 3 N–H and O–H groups in total. The summed E-state index contributed by atoms with van der Waals surface area (Å²) >= 11 is 5.88. The largest absolute Gasteiger partial charge is 0.397 e. The van der Waals surface area contributed by atoms with Gasteiger partial charge in [0.05, 0.1) is 28.8 Å². The van der Waals surface area contributed by atoms with E-state index < -0.39 is 0 Å². The smallest absolute Gasteiger partial charge is 0.258 e. The minimum absolute atomic E-state index is 0.115. The molecule has 2 aromatic heterocycles. The Morgan fingerprint density at radius 3 is 2.79 bits per heavy atom. The molecule has 0 saturated heterocycles. The van der Waals surface area contributed by atoms with Gasteiger partial charge in [-0.25, -0.2) is 4.98 Å². The maximum Gasteiger partial charge on any atom is 0.258 e. The summed E-state index contributed by atoms with van der Waals surface area (Å²) in [7, 11) is 0. The van der Waals surface area contributed by atoms with Crippen LogP contribution in [0.15, 0.2) is 24.4 Å². The molecule has 19 heavy (non-hydrogen) atoms. The number of nitrogens with two attached hydrogens (primary N) is 1. The van der Waals surface area contributed by atoms with Crippen molar-refractivity contribution in [1.29, 1.82) is 0 Å². The maximum absolute atomic E-state index is 12.1. The second kappa shape index (κ2) is 5.24. The van der Waals surface area contributed by atoms with Crippen molar-refractivity contribution in [2.45, 2.75) is 13.8 Å². The van der Waals surface area contributed by atoms with Crippen LogP contribution in [-0.4, -0.2) is 15.9 Å². The Labute approximate surface area is 115 Å². The van der Waals surface area contributed by atoms with Crippen LogP contribution in [0.5, 0.6) is 0 Å². The monoisotopic (exact) mass is 276 g/mol. The highest BCUT2D eigenvalue weighted by Crippen LogP contribution is 2.19. The molecule has 2 aromatic rings. The van der Waals surface area contributed by atoms with Crippen LogP contribution in [0.2, 0.25) is 5.15 Å². The second-order valence-corrected chi connectivity index (χ2v) is 4.50. The highest BCUT2D eigenvalue weighted by molar-refractivity contribution is 6.33. The lowest BCUT2D eigenvalue weighted by molar-refractivity contribution is 0.102. The molecule has 0 radical (unpaired) electrons. The van der Waals surface area contributed by atoms with Crippen molar-refractivity contribution in [2.75, 3.05) is 11.1 Å². The van der Waals surface area contributed by atoms with E-state index in [9.17, 15) is 4.79 Å². The van der Waals surface area contributed by atoms with Crippen LogP contribution in [-0.2, 0) is 0 Å². The van der Waals surface area contributed by atoms with Crippen molar-refractivity contribution in [3.63, 3.8) is 0 Å². The fourth-order valence-corrected chi connectivity index (χ4v) is 1.82. The number of rotatable bonds is 2. The lowest BCUT2D eigenvalue weighted by atomic mass is 10.2. The normalized spacial score (nSPS) is 10.3. The van der Waals surface area contributed by atoms with Gasteiger partial charge < -0.3 is 11.1 Å². The molecule has 0 aliphatic carbocycles. The predicted octanol–water partition coefficient (Wildman–Crippen LogP) is 2.58. The van der Waals surface area contributed by atoms with E-state index in [1.165, 1.54) is 12.3 Å². The third-order valence-electron chi connectivity index (χ3n) is 2.58. The summed E-state index contributed by atoms with van der Waals surface area (Å²) in [6, 6.07) is 5.10. The van der Waals surface area contributed by atoms with Gasteiger partial charge in [-0.15, -0.1) is 0 Å². The number of hydrogen-bond donors (Lipinski definition) is 2. The minimum atomic E-state index is -0.362. The third-order valence-corrected chi connectivity index (χ3v) is 2.88. The average Bonchev–Trinajstić information content (AvgIpc) is 2.35. The number of aryl methyl sites for hydroxylation is 2. The van der Waals surface area contributed by atoms with Crippen LogP contribution >= 0.6 is 11.6 Å². The molecular formula is C13H13ClN4O. The van der Waals surface area contributed by atoms with E-state index in [-0.39, 0.29) is 16.6 Å². The van der Waals surface area contributed by atoms with Gasteiger partial charge >= 0.3 is 0 Å². The van der Waals surface area contributed by atoms with E-state index in [2.05, 4.69) is 15.3 Å². The highest BCUT2D eigenvalue weighted by atomic mass is 35.5. The first-order valence-corrected chi connectivity index (χ1v) is 6.02. The highest BCUT2D eigenvalue weighted by Gasteiger charge is 2.13. The molecule has 0 fully saturated rings. The van der Waals surface area contributed by atoms with Gasteiger partial charge in [0.25, 0.3) is 5.91 Å². The summed E-state index contributed by atoms with van der Waals surface area (Å²) in [6.07, 6.45) is 1.40. The summed E-state index contributed by atoms with van der Waals surface area (Å²) in [5, 5.41) is 2.86. The SMILES string of the molecule is Cc1ccc(NC(=O)c2cc(N)cnc2Cl)c(C)n1. The topological polar surface area (TPSA) is 80.9 Å². The van der Waals surface area contributed by atoms with Gasteiger partial charge in [0.2, 0.25) is 0 Å². The number of carbonyl (C=O) groups excluding carboxylic acids is 1. The molecule has 0 atom stereocenters. The molecule has 0 saturated carbocycles. The molecule has 0 aliphatic heterocycles. The number of amides is 1. The summed E-state index contributed by atoms with van der Waals surface area (Å²) in [5.74, 6) is -0.362. The number of aromatic nitrogens is 2.